The lowest BCUT2D eigenvalue weighted by Gasteiger charge is -2.19. The molecule has 0 radical (unpaired) electrons. The van der Waals surface area contributed by atoms with Gasteiger partial charge in [0.1, 0.15) is 0 Å². The molecule has 2 aromatic carbocycles. The standard InChI is InChI=1S/C27H26ClF3N8O4/c1-15(13-34-22(42)20(32)40)12-33-21(41)16-2-8-19(9-3-16)35-23-36-24(38-25(37-23)43-14-27(29,30)31)39-26(10-11-26)17-4-6-18(28)7-5-17/h2-9H,1,10-14H2,(H2,32,40)(H,33,41)(H,34,42)(H2,35,36,37,38,39). The fourth-order valence-corrected chi connectivity index (χ4v) is 3.90. The van der Waals surface area contributed by atoms with E-state index in [9.17, 15) is 27.6 Å². The molecule has 0 atom stereocenters. The summed E-state index contributed by atoms with van der Waals surface area (Å²) in [5.41, 5.74) is 6.39. The van der Waals surface area contributed by atoms with Gasteiger partial charge < -0.3 is 31.7 Å². The zero-order chi connectivity index (χ0) is 31.2. The molecule has 1 aliphatic rings. The lowest BCUT2D eigenvalue weighted by Crippen LogP contribution is -2.38. The zero-order valence-corrected chi connectivity index (χ0v) is 23.2. The number of nitrogens with zero attached hydrogens (tertiary/aromatic N) is 3. The van der Waals surface area contributed by atoms with Gasteiger partial charge >= 0.3 is 24.0 Å². The molecule has 16 heteroatoms. The summed E-state index contributed by atoms with van der Waals surface area (Å²) in [6.07, 6.45) is -3.13. The second-order valence-electron chi connectivity index (χ2n) is 9.57. The number of aromatic nitrogens is 3. The number of halogens is 4. The van der Waals surface area contributed by atoms with Crippen LogP contribution in [0.15, 0.2) is 60.7 Å². The number of amides is 3. The van der Waals surface area contributed by atoms with E-state index in [0.717, 1.165) is 18.4 Å². The average Bonchev–Trinajstić information content (AvgIpc) is 3.74. The number of hydrogen-bond donors (Lipinski definition) is 5. The third-order valence-corrected chi connectivity index (χ3v) is 6.35. The van der Waals surface area contributed by atoms with Gasteiger partial charge in [0.15, 0.2) is 6.61 Å². The summed E-state index contributed by atoms with van der Waals surface area (Å²) in [4.78, 5) is 46.8. The molecule has 1 aliphatic carbocycles. The predicted octanol–water partition coefficient (Wildman–Crippen LogP) is 3.20. The highest BCUT2D eigenvalue weighted by atomic mass is 35.5. The van der Waals surface area contributed by atoms with Gasteiger partial charge in [-0.25, -0.2) is 0 Å². The van der Waals surface area contributed by atoms with Crippen LogP contribution in [0.5, 0.6) is 6.01 Å². The van der Waals surface area contributed by atoms with Crippen molar-refractivity contribution in [1.29, 1.82) is 0 Å². The summed E-state index contributed by atoms with van der Waals surface area (Å²) >= 11 is 6.00. The molecule has 3 aromatic rings. The maximum absolute atomic E-state index is 12.8. The Morgan fingerprint density at radius 2 is 1.58 bits per heavy atom. The van der Waals surface area contributed by atoms with Crippen LogP contribution in [0.2, 0.25) is 5.02 Å². The number of alkyl halides is 3. The van der Waals surface area contributed by atoms with Gasteiger partial charge in [-0.3, -0.25) is 14.4 Å². The zero-order valence-electron chi connectivity index (χ0n) is 22.4. The van der Waals surface area contributed by atoms with Crippen molar-refractivity contribution in [3.8, 4) is 6.01 Å². The molecule has 43 heavy (non-hydrogen) atoms. The molecule has 1 fully saturated rings. The van der Waals surface area contributed by atoms with Gasteiger partial charge in [0.05, 0.1) is 5.54 Å². The Balaban J connectivity index is 1.43. The predicted molar refractivity (Wildman–Crippen MR) is 151 cm³/mol. The van der Waals surface area contributed by atoms with E-state index < -0.39 is 42.1 Å². The first-order valence-corrected chi connectivity index (χ1v) is 13.1. The van der Waals surface area contributed by atoms with E-state index in [1.807, 2.05) is 12.1 Å². The second kappa shape index (κ2) is 12.9. The number of carbonyl (C=O) groups is 3. The number of hydrogen-bond acceptors (Lipinski definition) is 9. The minimum absolute atomic E-state index is 0.00497. The first-order chi connectivity index (χ1) is 20.3. The van der Waals surface area contributed by atoms with Gasteiger partial charge in [-0.2, -0.15) is 28.1 Å². The monoisotopic (exact) mass is 618 g/mol. The number of primary amides is 1. The Hall–Kier alpha value is -4.92. The van der Waals surface area contributed by atoms with E-state index in [2.05, 4.69) is 42.8 Å². The number of nitrogens with one attached hydrogen (secondary N) is 4. The molecule has 0 saturated heterocycles. The van der Waals surface area contributed by atoms with Crippen molar-refractivity contribution >= 4 is 46.9 Å². The highest BCUT2D eigenvalue weighted by Crippen LogP contribution is 2.48. The first kappa shape index (κ1) is 31.0. The quantitative estimate of drug-likeness (QED) is 0.151. The van der Waals surface area contributed by atoms with Crippen LogP contribution in [0.1, 0.15) is 28.8 Å². The van der Waals surface area contributed by atoms with E-state index in [1.165, 1.54) is 12.1 Å². The highest BCUT2D eigenvalue weighted by Gasteiger charge is 2.45. The Kier molecular flexibility index (Phi) is 9.34. The highest BCUT2D eigenvalue weighted by molar-refractivity contribution is 6.34. The van der Waals surface area contributed by atoms with Crippen molar-refractivity contribution in [3.05, 3.63) is 76.8 Å². The number of benzene rings is 2. The minimum Gasteiger partial charge on any atom is -0.454 e. The number of nitrogens with two attached hydrogens (primary N) is 1. The van der Waals surface area contributed by atoms with Crippen LogP contribution in [-0.4, -0.2) is 58.5 Å². The lowest BCUT2D eigenvalue weighted by molar-refractivity contribution is -0.154. The molecular weight excluding hydrogens is 593 g/mol. The summed E-state index contributed by atoms with van der Waals surface area (Å²) < 4.78 is 43.2. The van der Waals surface area contributed by atoms with Crippen molar-refractivity contribution in [1.82, 2.24) is 25.6 Å². The van der Waals surface area contributed by atoms with Gasteiger partial charge in [0.25, 0.3) is 5.91 Å². The average molecular weight is 619 g/mol. The Morgan fingerprint density at radius 1 is 0.953 bits per heavy atom. The van der Waals surface area contributed by atoms with E-state index in [0.29, 0.717) is 16.3 Å². The molecule has 12 nitrogen and oxygen atoms in total. The molecule has 0 aliphatic heterocycles. The molecular formula is C27H26ClF3N8O4. The summed E-state index contributed by atoms with van der Waals surface area (Å²) in [6.45, 7) is 2.09. The summed E-state index contributed by atoms with van der Waals surface area (Å²) in [5.74, 6) is -2.63. The van der Waals surface area contributed by atoms with Crippen LogP contribution >= 0.6 is 11.6 Å². The van der Waals surface area contributed by atoms with E-state index in [-0.39, 0.29) is 30.5 Å². The fraction of sp³-hybridized carbons (Fsp3) is 0.259. The molecule has 0 bridgehead atoms. The Bertz CT molecular complexity index is 1510. The molecule has 1 saturated carbocycles. The molecule has 6 N–H and O–H groups in total. The van der Waals surface area contributed by atoms with E-state index in [1.54, 1.807) is 24.3 Å². The van der Waals surface area contributed by atoms with Crippen LogP contribution in [0.4, 0.5) is 30.8 Å². The Morgan fingerprint density at radius 3 is 2.19 bits per heavy atom. The summed E-state index contributed by atoms with van der Waals surface area (Å²) in [6, 6.07) is 12.7. The Labute approximate surface area is 248 Å². The van der Waals surface area contributed by atoms with Crippen LogP contribution in [0.25, 0.3) is 0 Å². The van der Waals surface area contributed by atoms with Gasteiger partial charge in [-0.05, 0) is 60.4 Å². The first-order valence-electron chi connectivity index (χ1n) is 12.7. The van der Waals surface area contributed by atoms with Crippen LogP contribution < -0.4 is 31.7 Å². The van der Waals surface area contributed by atoms with Crippen molar-refractivity contribution < 1.29 is 32.3 Å². The maximum atomic E-state index is 12.8. The van der Waals surface area contributed by atoms with Crippen molar-refractivity contribution in [2.75, 3.05) is 30.3 Å². The van der Waals surface area contributed by atoms with Gasteiger partial charge in [0.2, 0.25) is 11.9 Å². The minimum atomic E-state index is -4.60. The number of anilines is 3. The van der Waals surface area contributed by atoms with Crippen LogP contribution in [0.3, 0.4) is 0 Å². The van der Waals surface area contributed by atoms with Gasteiger partial charge in [-0.15, -0.1) is 0 Å². The largest absolute Gasteiger partial charge is 0.454 e. The third-order valence-electron chi connectivity index (χ3n) is 6.10. The number of ether oxygens (including phenoxy) is 1. The molecule has 0 spiro atoms. The van der Waals surface area contributed by atoms with Gasteiger partial charge in [-0.1, -0.05) is 30.3 Å². The smallest absolute Gasteiger partial charge is 0.422 e. The fourth-order valence-electron chi connectivity index (χ4n) is 3.77. The second-order valence-corrected chi connectivity index (χ2v) is 10.0. The third kappa shape index (κ3) is 9.03. The SMILES string of the molecule is C=C(CNC(=O)C(N)=O)CNC(=O)c1ccc(Nc2nc(NC3(c4ccc(Cl)cc4)CC3)nc(OCC(F)(F)F)n2)cc1. The van der Waals surface area contributed by atoms with Crippen LogP contribution in [-0.2, 0) is 15.1 Å². The van der Waals surface area contributed by atoms with Crippen molar-refractivity contribution in [2.24, 2.45) is 5.73 Å². The molecule has 4 rings (SSSR count). The van der Waals surface area contributed by atoms with Gasteiger partial charge in [0, 0.05) is 29.4 Å². The summed E-state index contributed by atoms with van der Waals surface area (Å²) in [5, 5.41) is 11.5. The topological polar surface area (TPSA) is 173 Å². The molecule has 226 valence electrons. The van der Waals surface area contributed by atoms with Crippen molar-refractivity contribution in [2.45, 2.75) is 24.6 Å². The number of rotatable bonds is 12. The van der Waals surface area contributed by atoms with E-state index >= 15 is 0 Å². The van der Waals surface area contributed by atoms with Crippen LogP contribution in [0, 0.1) is 0 Å². The number of carbonyl (C=O) groups excluding carboxylic acids is 3. The maximum Gasteiger partial charge on any atom is 0.422 e. The molecule has 0 unspecified atom stereocenters. The van der Waals surface area contributed by atoms with E-state index in [4.69, 9.17) is 22.1 Å². The lowest BCUT2D eigenvalue weighted by atomic mass is 10.1. The molecule has 1 heterocycles. The normalized spacial score (nSPS) is 13.4. The molecule has 1 aromatic heterocycles. The van der Waals surface area contributed by atoms with Crippen molar-refractivity contribution in [3.63, 3.8) is 0 Å². The summed E-state index contributed by atoms with van der Waals surface area (Å²) in [7, 11) is 0. The molecule has 3 amide bonds.